The van der Waals surface area contributed by atoms with Gasteiger partial charge in [-0.3, -0.25) is 0 Å². The summed E-state index contributed by atoms with van der Waals surface area (Å²) in [5, 5.41) is 14.3. The first-order valence-corrected chi connectivity index (χ1v) is 13.2. The Balaban J connectivity index is 1.19. The predicted octanol–water partition coefficient (Wildman–Crippen LogP) is 4.57. The molecule has 1 saturated carbocycles. The van der Waals surface area contributed by atoms with Crippen molar-refractivity contribution in [2.75, 3.05) is 26.4 Å². The van der Waals surface area contributed by atoms with Crippen molar-refractivity contribution in [3.63, 3.8) is 0 Å². The van der Waals surface area contributed by atoms with Gasteiger partial charge in [0.25, 0.3) is 0 Å². The van der Waals surface area contributed by atoms with Crippen molar-refractivity contribution in [1.82, 2.24) is 5.32 Å². The third-order valence-electron chi connectivity index (χ3n) is 8.34. The molecule has 2 aliphatic carbocycles. The highest BCUT2D eigenvalue weighted by Gasteiger charge is 2.58. The monoisotopic (exact) mass is 493 g/mol. The molecule has 0 aromatic heterocycles. The second-order valence-electron chi connectivity index (χ2n) is 11.1. The Labute approximate surface area is 212 Å². The van der Waals surface area contributed by atoms with E-state index in [1.54, 1.807) is 0 Å². The molecule has 5 aliphatic rings. The third-order valence-corrected chi connectivity index (χ3v) is 8.34. The molecule has 2 N–H and O–H groups in total. The minimum absolute atomic E-state index is 0.0399. The molecule has 3 heterocycles. The van der Waals surface area contributed by atoms with E-state index in [0.717, 1.165) is 36.8 Å². The van der Waals surface area contributed by atoms with Crippen LogP contribution in [0.2, 0.25) is 0 Å². The zero-order chi connectivity index (χ0) is 24.8. The van der Waals surface area contributed by atoms with Crippen molar-refractivity contribution in [2.24, 2.45) is 11.3 Å². The second-order valence-corrected chi connectivity index (χ2v) is 11.1. The van der Waals surface area contributed by atoms with E-state index in [0.29, 0.717) is 19.8 Å². The second kappa shape index (κ2) is 9.45. The first kappa shape index (κ1) is 23.9. The average molecular weight is 494 g/mol. The van der Waals surface area contributed by atoms with E-state index in [1.807, 2.05) is 31.2 Å². The summed E-state index contributed by atoms with van der Waals surface area (Å²) in [6, 6.07) is 15.6. The SMILES string of the molecule is CC12COC([C@@H](NC(=O)OCC3c4ccccc4-c4ccccc43)[C@@H](O)C3CCCCC3)(OC1)OC2. The Bertz CT molecular complexity index is 1040. The summed E-state index contributed by atoms with van der Waals surface area (Å²) < 4.78 is 23.9. The van der Waals surface area contributed by atoms with Crippen molar-refractivity contribution in [3.05, 3.63) is 59.7 Å². The number of alkyl carbamates (subject to hydrolysis) is 1. The summed E-state index contributed by atoms with van der Waals surface area (Å²) in [7, 11) is 0. The molecule has 0 unspecified atom stereocenters. The number of nitrogens with one attached hydrogen (secondary N) is 1. The van der Waals surface area contributed by atoms with Gasteiger partial charge in [0, 0.05) is 11.3 Å². The Morgan fingerprint density at radius 3 is 2.11 bits per heavy atom. The molecule has 3 aliphatic heterocycles. The molecule has 4 fully saturated rings. The maximum Gasteiger partial charge on any atom is 0.407 e. The quantitative estimate of drug-likeness (QED) is 0.613. The van der Waals surface area contributed by atoms with Crippen LogP contribution in [0.15, 0.2) is 48.5 Å². The summed E-state index contributed by atoms with van der Waals surface area (Å²) in [5.74, 6) is -1.50. The maximum absolute atomic E-state index is 13.2. The van der Waals surface area contributed by atoms with E-state index in [2.05, 4.69) is 29.6 Å². The Kier molecular flexibility index (Phi) is 6.28. The molecule has 1 amide bonds. The number of benzene rings is 2. The van der Waals surface area contributed by atoms with E-state index in [4.69, 9.17) is 18.9 Å². The number of carbonyl (C=O) groups excluding carboxylic acids is 1. The molecule has 7 heteroatoms. The lowest BCUT2D eigenvalue weighted by Crippen LogP contribution is -2.71. The number of hydrogen-bond donors (Lipinski definition) is 2. The van der Waals surface area contributed by atoms with E-state index in [9.17, 15) is 9.90 Å². The smallest absolute Gasteiger partial charge is 0.407 e. The molecule has 7 nitrogen and oxygen atoms in total. The fraction of sp³-hybridized carbons (Fsp3) is 0.552. The number of aliphatic hydroxyl groups is 1. The normalized spacial score (nSPS) is 29.3. The topological polar surface area (TPSA) is 86.3 Å². The minimum Gasteiger partial charge on any atom is -0.449 e. The summed E-state index contributed by atoms with van der Waals surface area (Å²) in [4.78, 5) is 13.2. The molecule has 2 aromatic rings. The molecule has 0 spiro atoms. The van der Waals surface area contributed by atoms with Crippen molar-refractivity contribution >= 4 is 6.09 Å². The van der Waals surface area contributed by atoms with Gasteiger partial charge in [-0.25, -0.2) is 4.79 Å². The van der Waals surface area contributed by atoms with Gasteiger partial charge in [-0.1, -0.05) is 74.7 Å². The van der Waals surface area contributed by atoms with Gasteiger partial charge in [0.1, 0.15) is 12.6 Å². The van der Waals surface area contributed by atoms with E-state index in [1.165, 1.54) is 17.5 Å². The summed E-state index contributed by atoms with van der Waals surface area (Å²) >= 11 is 0. The number of fused-ring (bicyclic) bond motifs is 6. The predicted molar refractivity (Wildman–Crippen MR) is 133 cm³/mol. The maximum atomic E-state index is 13.2. The molecule has 0 radical (unpaired) electrons. The minimum atomic E-state index is -1.50. The molecule has 2 aromatic carbocycles. The third kappa shape index (κ3) is 4.22. The number of carbonyl (C=O) groups is 1. The highest BCUT2D eigenvalue weighted by atomic mass is 16.9. The zero-order valence-corrected chi connectivity index (χ0v) is 20.8. The fourth-order valence-corrected chi connectivity index (χ4v) is 6.24. The van der Waals surface area contributed by atoms with Gasteiger partial charge in [0.15, 0.2) is 0 Å². The summed E-state index contributed by atoms with van der Waals surface area (Å²) in [6.07, 6.45) is 3.62. The van der Waals surface area contributed by atoms with Crippen LogP contribution in [0.5, 0.6) is 0 Å². The first-order valence-electron chi connectivity index (χ1n) is 13.2. The van der Waals surface area contributed by atoms with Crippen molar-refractivity contribution < 1.29 is 28.8 Å². The largest absolute Gasteiger partial charge is 0.449 e. The molecular formula is C29H35NO6. The lowest BCUT2D eigenvalue weighted by Gasteiger charge is -2.54. The van der Waals surface area contributed by atoms with Crippen LogP contribution < -0.4 is 5.32 Å². The molecule has 2 atom stereocenters. The molecular weight excluding hydrogens is 458 g/mol. The molecule has 2 bridgehead atoms. The van der Waals surface area contributed by atoms with Crippen LogP contribution in [0.3, 0.4) is 0 Å². The molecule has 3 saturated heterocycles. The zero-order valence-electron chi connectivity index (χ0n) is 20.8. The highest BCUT2D eigenvalue weighted by molar-refractivity contribution is 5.79. The van der Waals surface area contributed by atoms with Crippen molar-refractivity contribution in [2.45, 2.75) is 63.1 Å². The number of amides is 1. The van der Waals surface area contributed by atoms with Gasteiger partial charge in [0.05, 0.1) is 25.9 Å². The first-order chi connectivity index (χ1) is 17.5. The van der Waals surface area contributed by atoms with Gasteiger partial charge in [0.2, 0.25) is 0 Å². The van der Waals surface area contributed by atoms with Gasteiger partial charge < -0.3 is 29.4 Å². The average Bonchev–Trinajstić information content (AvgIpc) is 3.25. The standard InChI is InChI=1S/C29H35NO6/c1-28-16-34-29(35-17-28,36-18-28)26(25(31)19-9-3-2-4-10-19)30-27(32)33-15-24-22-13-7-5-11-20(22)21-12-6-8-14-23(21)24/h5-8,11-14,19,24-26,31H,2-4,9-10,15-18H2,1H3,(H,30,32)/t25-,26-,28?,29?/m0/s1. The van der Waals surface area contributed by atoms with Gasteiger partial charge >= 0.3 is 12.1 Å². The molecule has 7 rings (SSSR count). The number of hydrogen-bond acceptors (Lipinski definition) is 6. The van der Waals surface area contributed by atoms with Gasteiger partial charge in [-0.2, -0.15) is 0 Å². The van der Waals surface area contributed by atoms with Crippen LogP contribution in [-0.2, 0) is 18.9 Å². The lowest BCUT2D eigenvalue weighted by molar-refractivity contribution is -0.478. The van der Waals surface area contributed by atoms with Crippen molar-refractivity contribution in [1.29, 1.82) is 0 Å². The number of ether oxygens (including phenoxy) is 4. The number of aliphatic hydroxyl groups excluding tert-OH is 1. The summed E-state index contributed by atoms with van der Waals surface area (Å²) in [5.41, 5.74) is 4.44. The highest BCUT2D eigenvalue weighted by Crippen LogP contribution is 2.45. The van der Waals surface area contributed by atoms with Crippen molar-refractivity contribution in [3.8, 4) is 11.1 Å². The van der Waals surface area contributed by atoms with E-state index in [-0.39, 0.29) is 23.9 Å². The van der Waals surface area contributed by atoms with E-state index >= 15 is 0 Å². The Morgan fingerprint density at radius 2 is 1.53 bits per heavy atom. The lowest BCUT2D eigenvalue weighted by atomic mass is 9.81. The Morgan fingerprint density at radius 1 is 0.972 bits per heavy atom. The molecule has 192 valence electrons. The van der Waals surface area contributed by atoms with Crippen LogP contribution in [0.25, 0.3) is 11.1 Å². The van der Waals surface area contributed by atoms with Crippen LogP contribution in [0.4, 0.5) is 4.79 Å². The van der Waals surface area contributed by atoms with Gasteiger partial charge in [-0.15, -0.1) is 0 Å². The van der Waals surface area contributed by atoms with Crippen LogP contribution in [0, 0.1) is 11.3 Å². The van der Waals surface area contributed by atoms with E-state index < -0.39 is 24.2 Å². The van der Waals surface area contributed by atoms with Crippen LogP contribution in [0.1, 0.15) is 56.1 Å². The molecule has 36 heavy (non-hydrogen) atoms. The van der Waals surface area contributed by atoms with Crippen LogP contribution >= 0.6 is 0 Å². The fourth-order valence-electron chi connectivity index (χ4n) is 6.24. The van der Waals surface area contributed by atoms with Crippen LogP contribution in [-0.4, -0.2) is 55.7 Å². The number of rotatable bonds is 6. The Hall–Kier alpha value is -2.45. The van der Waals surface area contributed by atoms with Gasteiger partial charge in [-0.05, 0) is 41.0 Å². The summed E-state index contributed by atoms with van der Waals surface area (Å²) in [6.45, 7) is 3.59.